The first-order valence-electron chi connectivity index (χ1n) is 10.5. The molecule has 0 amide bonds. The number of nitrogens with zero attached hydrogens (tertiary/aromatic N) is 4. The average Bonchev–Trinajstić information content (AvgIpc) is 3.29. The molecule has 4 rings (SSSR count). The van der Waals surface area contributed by atoms with Gasteiger partial charge in [0.15, 0.2) is 5.11 Å². The molecule has 10 heteroatoms. The van der Waals surface area contributed by atoms with Crippen molar-refractivity contribution in [3.63, 3.8) is 0 Å². The summed E-state index contributed by atoms with van der Waals surface area (Å²) in [5.74, 6) is 0.419. The van der Waals surface area contributed by atoms with Crippen LogP contribution in [0.4, 0.5) is 5.69 Å². The monoisotopic (exact) mass is 467 g/mol. The number of aliphatic hydroxyl groups excluding tert-OH is 1. The fourth-order valence-corrected chi connectivity index (χ4v) is 4.85. The molecule has 0 saturated carbocycles. The molecule has 0 spiro atoms. The molecule has 2 N–H and O–H groups in total. The number of hydrogen-bond donors (Lipinski definition) is 2. The van der Waals surface area contributed by atoms with Crippen molar-refractivity contribution in [3.05, 3.63) is 81.4 Å². The first kappa shape index (κ1) is 22.7. The van der Waals surface area contributed by atoms with E-state index in [0.717, 1.165) is 22.6 Å². The van der Waals surface area contributed by atoms with Crippen LogP contribution in [0, 0.1) is 24.0 Å². The minimum Gasteiger partial charge on any atom is -0.496 e. The molecule has 1 aromatic carbocycles. The molecule has 2 aromatic heterocycles. The molecule has 3 heterocycles. The average molecular weight is 468 g/mol. The highest BCUT2D eigenvalue weighted by Crippen LogP contribution is 2.42. The lowest BCUT2D eigenvalue weighted by Gasteiger charge is -2.27. The molecule has 33 heavy (non-hydrogen) atoms. The normalized spacial score (nSPS) is 17.8. The predicted octanol–water partition coefficient (Wildman–Crippen LogP) is 3.37. The topological polar surface area (TPSA) is 106 Å². The van der Waals surface area contributed by atoms with Gasteiger partial charge in [-0.2, -0.15) is 0 Å². The summed E-state index contributed by atoms with van der Waals surface area (Å²) in [6.45, 7) is 4.14. The molecule has 3 aromatic rings. The number of aromatic nitrogens is 2. The molecule has 1 aliphatic rings. The SMILES string of the molecule is COc1ccc(-n2c(C)cc([C@H]3[C@H](c4ccccn4)NC(=S)N3CCO)c2C)c([N+](=O)[O-])c1. The lowest BCUT2D eigenvalue weighted by Crippen LogP contribution is -2.32. The van der Waals surface area contributed by atoms with Gasteiger partial charge < -0.3 is 24.6 Å². The number of aliphatic hydroxyl groups is 1. The Labute approximate surface area is 196 Å². The van der Waals surface area contributed by atoms with Crippen molar-refractivity contribution in [1.29, 1.82) is 0 Å². The number of nitro groups is 1. The summed E-state index contributed by atoms with van der Waals surface area (Å²) >= 11 is 5.59. The van der Waals surface area contributed by atoms with Crippen molar-refractivity contribution in [2.45, 2.75) is 25.9 Å². The number of β-amino-alcohol motifs (C(OH)–C–C–N with tert-alkyl or cyclic N) is 1. The predicted molar refractivity (Wildman–Crippen MR) is 128 cm³/mol. The zero-order valence-corrected chi connectivity index (χ0v) is 19.4. The van der Waals surface area contributed by atoms with E-state index in [1.165, 1.54) is 13.2 Å². The van der Waals surface area contributed by atoms with E-state index in [-0.39, 0.29) is 24.4 Å². The molecule has 0 radical (unpaired) electrons. The Balaban J connectivity index is 1.87. The van der Waals surface area contributed by atoms with Crippen molar-refractivity contribution >= 4 is 23.0 Å². The number of nitro benzene ring substituents is 1. The van der Waals surface area contributed by atoms with Crippen molar-refractivity contribution in [2.24, 2.45) is 0 Å². The minimum atomic E-state index is -0.405. The third-order valence-electron chi connectivity index (χ3n) is 5.95. The van der Waals surface area contributed by atoms with Crippen molar-refractivity contribution in [2.75, 3.05) is 20.3 Å². The number of nitrogens with one attached hydrogen (secondary N) is 1. The van der Waals surface area contributed by atoms with Gasteiger partial charge in [-0.3, -0.25) is 15.1 Å². The summed E-state index contributed by atoms with van der Waals surface area (Å²) in [5, 5.41) is 25.4. The van der Waals surface area contributed by atoms with Gasteiger partial charge in [-0.15, -0.1) is 0 Å². The standard InChI is InChI=1S/C23H25N5O4S/c1-14-12-17(15(2)27(14)19-8-7-16(32-3)13-20(19)28(30)31)22-21(18-6-4-5-9-24-18)25-23(33)26(22)10-11-29/h4-9,12-13,21-22,29H,10-11H2,1-3H3,(H,25,33)/t21-,22-/m0/s1. The number of benzene rings is 1. The Morgan fingerprint density at radius 2 is 2.06 bits per heavy atom. The van der Waals surface area contributed by atoms with Crippen molar-refractivity contribution in [3.8, 4) is 11.4 Å². The summed E-state index contributed by atoms with van der Waals surface area (Å²) < 4.78 is 7.06. The maximum Gasteiger partial charge on any atom is 0.296 e. The third-order valence-corrected chi connectivity index (χ3v) is 6.30. The van der Waals surface area contributed by atoms with Crippen LogP contribution in [0.3, 0.4) is 0 Å². The Morgan fingerprint density at radius 1 is 1.27 bits per heavy atom. The van der Waals surface area contributed by atoms with Crippen LogP contribution < -0.4 is 10.1 Å². The van der Waals surface area contributed by atoms with Gasteiger partial charge in [-0.25, -0.2) is 0 Å². The van der Waals surface area contributed by atoms with Crippen molar-refractivity contribution < 1.29 is 14.8 Å². The Morgan fingerprint density at radius 3 is 2.70 bits per heavy atom. The summed E-state index contributed by atoms with van der Waals surface area (Å²) in [6.07, 6.45) is 1.73. The number of thiocarbonyl (C=S) groups is 1. The lowest BCUT2D eigenvalue weighted by molar-refractivity contribution is -0.384. The van der Waals surface area contributed by atoms with E-state index in [9.17, 15) is 15.2 Å². The molecule has 1 aliphatic heterocycles. The zero-order chi connectivity index (χ0) is 23.7. The fourth-order valence-electron chi connectivity index (χ4n) is 4.52. The molecule has 2 atom stereocenters. The van der Waals surface area contributed by atoms with Gasteiger partial charge in [0, 0.05) is 24.1 Å². The van der Waals surface area contributed by atoms with Gasteiger partial charge in [0.2, 0.25) is 0 Å². The number of methoxy groups -OCH3 is 1. The van der Waals surface area contributed by atoms with E-state index >= 15 is 0 Å². The zero-order valence-electron chi connectivity index (χ0n) is 18.6. The van der Waals surface area contributed by atoms with Gasteiger partial charge in [0.25, 0.3) is 5.69 Å². The second-order valence-corrected chi connectivity index (χ2v) is 8.20. The van der Waals surface area contributed by atoms with Crippen LogP contribution in [0.25, 0.3) is 5.69 Å². The summed E-state index contributed by atoms with van der Waals surface area (Å²) in [4.78, 5) is 17.9. The lowest BCUT2D eigenvalue weighted by atomic mass is 9.97. The molecule has 0 unspecified atom stereocenters. The van der Waals surface area contributed by atoms with Crippen LogP contribution in [0.5, 0.6) is 5.75 Å². The first-order valence-corrected chi connectivity index (χ1v) is 10.9. The molecular weight excluding hydrogens is 442 g/mol. The highest BCUT2D eigenvalue weighted by Gasteiger charge is 2.41. The fraction of sp³-hybridized carbons (Fsp3) is 0.304. The molecule has 1 saturated heterocycles. The maximum absolute atomic E-state index is 11.8. The third kappa shape index (κ3) is 4.03. The highest BCUT2D eigenvalue weighted by atomic mass is 32.1. The molecule has 172 valence electrons. The Bertz CT molecular complexity index is 1200. The van der Waals surface area contributed by atoms with Crippen LogP contribution in [0.2, 0.25) is 0 Å². The van der Waals surface area contributed by atoms with E-state index in [4.69, 9.17) is 17.0 Å². The van der Waals surface area contributed by atoms with Crippen LogP contribution in [0.1, 0.15) is 34.7 Å². The second kappa shape index (κ2) is 9.16. The number of ether oxygens (including phenoxy) is 1. The summed E-state index contributed by atoms with van der Waals surface area (Å²) in [6, 6.07) is 12.1. The Hall–Kier alpha value is -3.50. The molecular formula is C23H25N5O4S. The smallest absolute Gasteiger partial charge is 0.296 e. The van der Waals surface area contributed by atoms with E-state index in [1.54, 1.807) is 18.3 Å². The van der Waals surface area contributed by atoms with Crippen LogP contribution >= 0.6 is 12.2 Å². The van der Waals surface area contributed by atoms with Gasteiger partial charge in [0.1, 0.15) is 11.4 Å². The second-order valence-electron chi connectivity index (χ2n) is 7.82. The van der Waals surface area contributed by atoms with Crippen LogP contribution in [0.15, 0.2) is 48.7 Å². The number of pyridine rings is 1. The van der Waals surface area contributed by atoms with E-state index in [2.05, 4.69) is 10.3 Å². The number of rotatable bonds is 7. The number of hydrogen-bond acceptors (Lipinski definition) is 6. The van der Waals surface area contributed by atoms with Crippen molar-refractivity contribution in [1.82, 2.24) is 19.8 Å². The molecule has 9 nitrogen and oxygen atoms in total. The van der Waals surface area contributed by atoms with Crippen LogP contribution in [-0.2, 0) is 0 Å². The van der Waals surface area contributed by atoms with E-state index in [0.29, 0.717) is 23.1 Å². The maximum atomic E-state index is 11.8. The van der Waals surface area contributed by atoms with Gasteiger partial charge >= 0.3 is 0 Å². The number of aryl methyl sites for hydroxylation is 1. The Kier molecular flexibility index (Phi) is 6.30. The summed E-state index contributed by atoms with van der Waals surface area (Å²) in [5.41, 5.74) is 3.88. The molecule has 0 bridgehead atoms. The van der Waals surface area contributed by atoms with Gasteiger partial charge in [-0.05, 0) is 62.0 Å². The van der Waals surface area contributed by atoms with Crippen LogP contribution in [-0.4, -0.2) is 49.9 Å². The first-order chi connectivity index (χ1) is 15.9. The largest absolute Gasteiger partial charge is 0.496 e. The van der Waals surface area contributed by atoms with Gasteiger partial charge in [0.05, 0.1) is 42.5 Å². The molecule has 1 fully saturated rings. The minimum absolute atomic E-state index is 0.0451. The van der Waals surface area contributed by atoms with E-state index in [1.807, 2.05) is 47.6 Å². The molecule has 0 aliphatic carbocycles. The van der Waals surface area contributed by atoms with E-state index < -0.39 is 4.92 Å². The van der Waals surface area contributed by atoms with Gasteiger partial charge in [-0.1, -0.05) is 6.07 Å². The quantitative estimate of drug-likeness (QED) is 0.310. The summed E-state index contributed by atoms with van der Waals surface area (Å²) in [7, 11) is 1.48. The highest BCUT2D eigenvalue weighted by molar-refractivity contribution is 7.80.